The van der Waals surface area contributed by atoms with E-state index in [9.17, 15) is 15.0 Å². The Morgan fingerprint density at radius 3 is 2.19 bits per heavy atom. The summed E-state index contributed by atoms with van der Waals surface area (Å²) in [7, 11) is 0. The molecule has 0 radical (unpaired) electrons. The van der Waals surface area contributed by atoms with Crippen LogP contribution in [-0.4, -0.2) is 16.2 Å². The van der Waals surface area contributed by atoms with Gasteiger partial charge in [0.25, 0.3) is 0 Å². The van der Waals surface area contributed by atoms with Gasteiger partial charge >= 0.3 is 5.97 Å². The second-order valence-corrected chi connectivity index (χ2v) is 7.06. The van der Waals surface area contributed by atoms with E-state index >= 15 is 0 Å². The highest BCUT2D eigenvalue weighted by Gasteiger charge is 2.24. The summed E-state index contributed by atoms with van der Waals surface area (Å²) in [5.74, 6) is -1.10. The molecule has 0 saturated heterocycles. The molecule has 2 N–H and O–H groups in total. The molecule has 0 aromatic heterocycles. The molecule has 3 rings (SSSR count). The highest BCUT2D eigenvalue weighted by Crippen LogP contribution is 2.40. The number of para-hydroxylation sites is 1. The van der Waals surface area contributed by atoms with Crippen molar-refractivity contribution in [2.75, 3.05) is 0 Å². The molecule has 0 fully saturated rings. The third kappa shape index (κ3) is 4.20. The number of carbonyl (C=O) groups is 1. The van der Waals surface area contributed by atoms with Crippen molar-refractivity contribution in [1.82, 2.24) is 0 Å². The topological polar surface area (TPSA) is 57.5 Å². The third-order valence-electron chi connectivity index (χ3n) is 5.11. The van der Waals surface area contributed by atoms with Crippen LogP contribution >= 0.6 is 0 Å². The minimum atomic E-state index is -1.12. The summed E-state index contributed by atoms with van der Waals surface area (Å²) >= 11 is 0. The van der Waals surface area contributed by atoms with Crippen molar-refractivity contribution in [3.8, 4) is 5.75 Å². The number of aromatic carboxylic acids is 1. The van der Waals surface area contributed by atoms with Crippen molar-refractivity contribution >= 4 is 5.97 Å². The van der Waals surface area contributed by atoms with Crippen molar-refractivity contribution in [1.29, 1.82) is 0 Å². The lowest BCUT2D eigenvalue weighted by Gasteiger charge is -2.24. The molecule has 0 aliphatic rings. The molecule has 0 amide bonds. The number of carboxylic acids is 1. The number of aryl methyl sites for hydroxylation is 1. The summed E-state index contributed by atoms with van der Waals surface area (Å²) in [4.78, 5) is 11.5. The maximum atomic E-state index is 11.5. The van der Waals surface area contributed by atoms with E-state index in [0.717, 1.165) is 17.5 Å². The van der Waals surface area contributed by atoms with Crippen LogP contribution in [0.5, 0.6) is 5.75 Å². The van der Waals surface area contributed by atoms with Gasteiger partial charge < -0.3 is 10.2 Å². The largest absolute Gasteiger partial charge is 0.507 e. The second-order valence-electron chi connectivity index (χ2n) is 7.06. The Morgan fingerprint density at radius 2 is 1.56 bits per heavy atom. The number of aromatic hydroxyl groups is 1. The molecule has 0 bridgehead atoms. The van der Waals surface area contributed by atoms with Gasteiger partial charge in [0, 0.05) is 11.5 Å². The fourth-order valence-corrected chi connectivity index (χ4v) is 3.53. The standard InChI is InChI=1S/C24H24O3/c1-16-11-13-19(14-12-16)22(15-17(2)18-7-4-3-5-8-18)20-9-6-10-21(23(20)25)24(26)27/h3-14,17,22,25H,15H2,1-2H3,(H,26,27). The first kappa shape index (κ1) is 18.7. The molecule has 0 aliphatic carbocycles. The van der Waals surface area contributed by atoms with Crippen LogP contribution in [0.2, 0.25) is 0 Å². The van der Waals surface area contributed by atoms with Crippen molar-refractivity contribution in [2.45, 2.75) is 32.1 Å². The highest BCUT2D eigenvalue weighted by atomic mass is 16.4. The minimum absolute atomic E-state index is 0.0584. The quantitative estimate of drug-likeness (QED) is 0.591. The Balaban J connectivity index is 2.04. The van der Waals surface area contributed by atoms with E-state index in [0.29, 0.717) is 5.56 Å². The van der Waals surface area contributed by atoms with Crippen molar-refractivity contribution in [2.24, 2.45) is 0 Å². The second kappa shape index (κ2) is 8.09. The normalized spacial score (nSPS) is 13.1. The van der Waals surface area contributed by atoms with Gasteiger partial charge in [-0.1, -0.05) is 79.2 Å². The van der Waals surface area contributed by atoms with E-state index in [1.54, 1.807) is 6.07 Å². The lowest BCUT2D eigenvalue weighted by molar-refractivity contribution is 0.0693. The molecule has 3 heteroatoms. The number of phenols is 1. The van der Waals surface area contributed by atoms with Crippen LogP contribution < -0.4 is 0 Å². The predicted octanol–water partition coefficient (Wildman–Crippen LogP) is 5.72. The zero-order valence-electron chi connectivity index (χ0n) is 15.6. The summed E-state index contributed by atoms with van der Waals surface area (Å²) in [6.45, 7) is 4.20. The minimum Gasteiger partial charge on any atom is -0.507 e. The third-order valence-corrected chi connectivity index (χ3v) is 5.11. The predicted molar refractivity (Wildman–Crippen MR) is 108 cm³/mol. The number of carboxylic acid groups (broad SMARTS) is 1. The molecule has 2 atom stereocenters. The molecule has 27 heavy (non-hydrogen) atoms. The van der Waals surface area contributed by atoms with Crippen LogP contribution in [0.3, 0.4) is 0 Å². The van der Waals surface area contributed by atoms with Crippen molar-refractivity contribution in [3.63, 3.8) is 0 Å². The maximum Gasteiger partial charge on any atom is 0.339 e. The molecule has 0 spiro atoms. The monoisotopic (exact) mass is 360 g/mol. The molecule has 0 heterocycles. The zero-order valence-corrected chi connectivity index (χ0v) is 15.6. The average molecular weight is 360 g/mol. The summed E-state index contributed by atoms with van der Waals surface area (Å²) in [5, 5.41) is 20.0. The van der Waals surface area contributed by atoms with Crippen LogP contribution in [0, 0.1) is 6.92 Å². The summed E-state index contributed by atoms with van der Waals surface area (Å²) in [6.07, 6.45) is 0.768. The van der Waals surface area contributed by atoms with Gasteiger partial charge in [-0.25, -0.2) is 4.79 Å². The number of rotatable bonds is 6. The number of benzene rings is 3. The Morgan fingerprint density at radius 1 is 0.889 bits per heavy atom. The van der Waals surface area contributed by atoms with Crippen molar-refractivity contribution in [3.05, 3.63) is 101 Å². The van der Waals surface area contributed by atoms with E-state index in [1.807, 2.05) is 43.3 Å². The van der Waals surface area contributed by atoms with Crippen LogP contribution in [0.15, 0.2) is 72.8 Å². The number of hydrogen-bond acceptors (Lipinski definition) is 2. The van der Waals surface area contributed by atoms with Gasteiger partial charge in [-0.3, -0.25) is 0 Å². The smallest absolute Gasteiger partial charge is 0.339 e. The first-order chi connectivity index (χ1) is 13.0. The van der Waals surface area contributed by atoms with E-state index in [-0.39, 0.29) is 23.1 Å². The van der Waals surface area contributed by atoms with Crippen LogP contribution in [0.1, 0.15) is 57.8 Å². The number of hydrogen-bond donors (Lipinski definition) is 2. The van der Waals surface area contributed by atoms with Gasteiger partial charge in [0.1, 0.15) is 11.3 Å². The Hall–Kier alpha value is -3.07. The molecular formula is C24H24O3. The first-order valence-electron chi connectivity index (χ1n) is 9.14. The average Bonchev–Trinajstić information content (AvgIpc) is 2.67. The highest BCUT2D eigenvalue weighted by molar-refractivity contribution is 5.91. The molecule has 3 aromatic carbocycles. The van der Waals surface area contributed by atoms with Gasteiger partial charge in [-0.15, -0.1) is 0 Å². The molecule has 3 aromatic rings. The Bertz CT molecular complexity index is 914. The fraction of sp³-hybridized carbons (Fsp3) is 0.208. The molecule has 0 saturated carbocycles. The van der Waals surface area contributed by atoms with E-state index in [1.165, 1.54) is 11.6 Å². The van der Waals surface area contributed by atoms with Gasteiger partial charge in [-0.05, 0) is 36.5 Å². The molecule has 2 unspecified atom stereocenters. The Labute approximate surface area is 159 Å². The molecule has 138 valence electrons. The lowest BCUT2D eigenvalue weighted by Crippen LogP contribution is -2.08. The summed E-state index contributed by atoms with van der Waals surface area (Å²) in [5.41, 5.74) is 4.06. The van der Waals surface area contributed by atoms with Gasteiger partial charge in [-0.2, -0.15) is 0 Å². The van der Waals surface area contributed by atoms with Crippen LogP contribution in [0.4, 0.5) is 0 Å². The first-order valence-corrected chi connectivity index (χ1v) is 9.14. The van der Waals surface area contributed by atoms with Gasteiger partial charge in [0.2, 0.25) is 0 Å². The molecule has 0 aliphatic heterocycles. The maximum absolute atomic E-state index is 11.5. The van der Waals surface area contributed by atoms with E-state index < -0.39 is 5.97 Å². The fourth-order valence-electron chi connectivity index (χ4n) is 3.53. The van der Waals surface area contributed by atoms with Crippen LogP contribution in [-0.2, 0) is 0 Å². The SMILES string of the molecule is Cc1ccc(C(CC(C)c2ccccc2)c2cccc(C(=O)O)c2O)cc1. The summed E-state index contributed by atoms with van der Waals surface area (Å²) < 4.78 is 0. The van der Waals surface area contributed by atoms with E-state index in [2.05, 4.69) is 31.2 Å². The van der Waals surface area contributed by atoms with E-state index in [4.69, 9.17) is 0 Å². The Kier molecular flexibility index (Phi) is 5.60. The van der Waals surface area contributed by atoms with Crippen LogP contribution in [0.25, 0.3) is 0 Å². The van der Waals surface area contributed by atoms with Gasteiger partial charge in [0.15, 0.2) is 0 Å². The molecule has 3 nitrogen and oxygen atoms in total. The lowest BCUT2D eigenvalue weighted by atomic mass is 9.81. The summed E-state index contributed by atoms with van der Waals surface area (Å²) in [6, 6.07) is 23.4. The van der Waals surface area contributed by atoms with Gasteiger partial charge in [0.05, 0.1) is 0 Å². The van der Waals surface area contributed by atoms with Crippen molar-refractivity contribution < 1.29 is 15.0 Å². The molecular weight excluding hydrogens is 336 g/mol. The zero-order chi connectivity index (χ0) is 19.4.